The average molecular weight is 435 g/mol. The van der Waals surface area contributed by atoms with Crippen molar-refractivity contribution < 1.29 is 9.53 Å². The Hall–Kier alpha value is -3.38. The fraction of sp³-hybridized carbons (Fsp3) is 0.208. The van der Waals surface area contributed by atoms with Gasteiger partial charge in [-0.2, -0.15) is 10.1 Å². The lowest BCUT2D eigenvalue weighted by molar-refractivity contribution is -0.127. The number of carbonyl (C=O) groups excluding carboxylic acids is 1. The number of pyridine rings is 1. The average Bonchev–Trinajstić information content (AvgIpc) is 3.06. The van der Waals surface area contributed by atoms with Gasteiger partial charge in [0.25, 0.3) is 5.91 Å². The second-order valence-corrected chi connectivity index (χ2v) is 7.82. The summed E-state index contributed by atoms with van der Waals surface area (Å²) in [7, 11) is 1.85. The summed E-state index contributed by atoms with van der Waals surface area (Å²) < 4.78 is 7.66. The third kappa shape index (κ3) is 4.54. The van der Waals surface area contributed by atoms with Gasteiger partial charge in [0.15, 0.2) is 11.8 Å². The second kappa shape index (κ2) is 8.78. The number of aryl methyl sites for hydroxylation is 2. The van der Waals surface area contributed by atoms with E-state index in [-0.39, 0.29) is 5.91 Å². The van der Waals surface area contributed by atoms with E-state index in [1.807, 2.05) is 62.5 Å². The summed E-state index contributed by atoms with van der Waals surface area (Å²) in [5.41, 5.74) is 4.57. The van der Waals surface area contributed by atoms with Gasteiger partial charge < -0.3 is 10.1 Å². The third-order valence-corrected chi connectivity index (χ3v) is 5.33. The van der Waals surface area contributed by atoms with Crippen molar-refractivity contribution >= 4 is 28.5 Å². The van der Waals surface area contributed by atoms with Gasteiger partial charge in [-0.15, -0.1) is 0 Å². The number of benzene rings is 2. The first-order valence-electron chi connectivity index (χ1n) is 10.0. The zero-order valence-corrected chi connectivity index (χ0v) is 18.3. The summed E-state index contributed by atoms with van der Waals surface area (Å²) in [6, 6.07) is 19.2. The van der Waals surface area contributed by atoms with E-state index >= 15 is 0 Å². The Labute approximate surface area is 185 Å². The lowest BCUT2D eigenvalue weighted by Gasteiger charge is -2.15. The van der Waals surface area contributed by atoms with Crippen LogP contribution in [-0.2, 0) is 18.4 Å². The van der Waals surface area contributed by atoms with Crippen LogP contribution < -0.4 is 10.1 Å². The van der Waals surface area contributed by atoms with Crippen LogP contribution in [-0.4, -0.2) is 26.8 Å². The van der Waals surface area contributed by atoms with Crippen LogP contribution in [0.4, 0.5) is 0 Å². The van der Waals surface area contributed by atoms with E-state index in [1.165, 1.54) is 0 Å². The van der Waals surface area contributed by atoms with E-state index in [2.05, 4.69) is 15.4 Å². The standard InChI is InChI=1S/C24H23ClN4O2/c1-15-22-20(18-7-5-4-6-8-18)13-21(27-23(22)29(3)28-15)31-16(2)24(30)26-14-17-9-11-19(25)12-10-17/h4-13,16H,14H2,1-3H3,(H,26,30). The van der Waals surface area contributed by atoms with Crippen molar-refractivity contribution in [3.63, 3.8) is 0 Å². The molecule has 0 saturated carbocycles. The molecule has 2 aromatic carbocycles. The molecule has 0 aliphatic rings. The highest BCUT2D eigenvalue weighted by Gasteiger charge is 2.19. The highest BCUT2D eigenvalue weighted by molar-refractivity contribution is 6.30. The molecule has 4 rings (SSSR count). The van der Waals surface area contributed by atoms with Crippen LogP contribution in [0.25, 0.3) is 22.2 Å². The van der Waals surface area contributed by atoms with E-state index < -0.39 is 6.10 Å². The van der Waals surface area contributed by atoms with Gasteiger partial charge in [-0.3, -0.25) is 9.48 Å². The fourth-order valence-electron chi connectivity index (χ4n) is 3.50. The molecule has 0 bridgehead atoms. The number of carbonyl (C=O) groups is 1. The Morgan fingerprint density at radius 2 is 1.87 bits per heavy atom. The van der Waals surface area contributed by atoms with Crippen LogP contribution in [0.3, 0.4) is 0 Å². The third-order valence-electron chi connectivity index (χ3n) is 5.08. The smallest absolute Gasteiger partial charge is 0.261 e. The summed E-state index contributed by atoms with van der Waals surface area (Å²) in [5.74, 6) is 0.155. The van der Waals surface area contributed by atoms with Gasteiger partial charge in [0.2, 0.25) is 5.88 Å². The lowest BCUT2D eigenvalue weighted by atomic mass is 10.0. The summed E-state index contributed by atoms with van der Waals surface area (Å²) in [5, 5.41) is 9.03. The minimum absolute atomic E-state index is 0.223. The molecule has 0 radical (unpaired) electrons. The number of amides is 1. The molecule has 0 saturated heterocycles. The number of aromatic nitrogens is 3. The van der Waals surface area contributed by atoms with Crippen LogP contribution in [0.5, 0.6) is 5.88 Å². The molecule has 1 N–H and O–H groups in total. The molecule has 0 spiro atoms. The van der Waals surface area contributed by atoms with Gasteiger partial charge in [0.05, 0.1) is 11.1 Å². The van der Waals surface area contributed by atoms with E-state index in [4.69, 9.17) is 16.3 Å². The van der Waals surface area contributed by atoms with Crippen molar-refractivity contribution in [3.05, 3.63) is 76.9 Å². The van der Waals surface area contributed by atoms with Crippen molar-refractivity contribution in [1.82, 2.24) is 20.1 Å². The zero-order chi connectivity index (χ0) is 22.0. The van der Waals surface area contributed by atoms with E-state index in [9.17, 15) is 4.79 Å². The topological polar surface area (TPSA) is 69.0 Å². The van der Waals surface area contributed by atoms with Gasteiger partial charge in [-0.25, -0.2) is 0 Å². The summed E-state index contributed by atoms with van der Waals surface area (Å²) in [4.78, 5) is 17.2. The quantitative estimate of drug-likeness (QED) is 0.478. The number of hydrogen-bond acceptors (Lipinski definition) is 4. The maximum absolute atomic E-state index is 12.6. The normalized spacial score (nSPS) is 12.0. The molecule has 7 heteroatoms. The summed E-state index contributed by atoms with van der Waals surface area (Å²) >= 11 is 5.91. The maximum Gasteiger partial charge on any atom is 0.261 e. The molecule has 1 unspecified atom stereocenters. The van der Waals surface area contributed by atoms with Crippen LogP contribution in [0.2, 0.25) is 5.02 Å². The Morgan fingerprint density at radius 3 is 2.58 bits per heavy atom. The number of halogens is 1. The molecule has 158 valence electrons. The van der Waals surface area contributed by atoms with Crippen molar-refractivity contribution in [2.75, 3.05) is 0 Å². The molecule has 1 atom stereocenters. The van der Waals surface area contributed by atoms with E-state index in [0.29, 0.717) is 23.1 Å². The Bertz CT molecular complexity index is 1220. The van der Waals surface area contributed by atoms with Gasteiger partial charge in [0.1, 0.15) is 0 Å². The molecular weight excluding hydrogens is 412 g/mol. The molecular formula is C24H23ClN4O2. The van der Waals surface area contributed by atoms with E-state index in [0.717, 1.165) is 27.8 Å². The Balaban J connectivity index is 1.57. The summed E-state index contributed by atoms with van der Waals surface area (Å²) in [6.45, 7) is 4.07. The largest absolute Gasteiger partial charge is 0.464 e. The van der Waals surface area contributed by atoms with Gasteiger partial charge in [-0.05, 0) is 42.7 Å². The van der Waals surface area contributed by atoms with Crippen LogP contribution >= 0.6 is 11.6 Å². The monoisotopic (exact) mass is 434 g/mol. The van der Waals surface area contributed by atoms with Gasteiger partial charge >= 0.3 is 0 Å². The molecule has 2 heterocycles. The van der Waals surface area contributed by atoms with Crippen LogP contribution in [0.15, 0.2) is 60.7 Å². The minimum atomic E-state index is -0.713. The highest BCUT2D eigenvalue weighted by Crippen LogP contribution is 2.33. The van der Waals surface area contributed by atoms with Crippen molar-refractivity contribution in [3.8, 4) is 17.0 Å². The van der Waals surface area contributed by atoms with Gasteiger partial charge in [0, 0.05) is 24.7 Å². The number of nitrogens with zero attached hydrogens (tertiary/aromatic N) is 3. The van der Waals surface area contributed by atoms with E-state index in [1.54, 1.807) is 23.7 Å². The fourth-order valence-corrected chi connectivity index (χ4v) is 3.62. The van der Waals surface area contributed by atoms with Gasteiger partial charge in [-0.1, -0.05) is 54.1 Å². The number of nitrogens with one attached hydrogen (secondary N) is 1. The molecule has 4 aromatic rings. The first kappa shape index (κ1) is 20.9. The maximum atomic E-state index is 12.6. The molecule has 6 nitrogen and oxygen atoms in total. The number of rotatable bonds is 6. The van der Waals surface area contributed by atoms with Crippen LogP contribution in [0, 0.1) is 6.92 Å². The van der Waals surface area contributed by atoms with Crippen molar-refractivity contribution in [2.24, 2.45) is 7.05 Å². The number of ether oxygens (including phenoxy) is 1. The highest BCUT2D eigenvalue weighted by atomic mass is 35.5. The molecule has 0 aliphatic heterocycles. The predicted octanol–water partition coefficient (Wildman–Crippen LogP) is 4.68. The summed E-state index contributed by atoms with van der Waals surface area (Å²) in [6.07, 6.45) is -0.713. The molecule has 2 aromatic heterocycles. The molecule has 0 aliphatic carbocycles. The predicted molar refractivity (Wildman–Crippen MR) is 122 cm³/mol. The lowest BCUT2D eigenvalue weighted by Crippen LogP contribution is -2.36. The molecule has 31 heavy (non-hydrogen) atoms. The Morgan fingerprint density at radius 1 is 1.16 bits per heavy atom. The van der Waals surface area contributed by atoms with Crippen molar-refractivity contribution in [1.29, 1.82) is 0 Å². The Kier molecular flexibility index (Phi) is 5.91. The second-order valence-electron chi connectivity index (χ2n) is 7.39. The zero-order valence-electron chi connectivity index (χ0n) is 17.6. The van der Waals surface area contributed by atoms with Crippen LogP contribution in [0.1, 0.15) is 18.2 Å². The molecule has 1 amide bonds. The first-order valence-corrected chi connectivity index (χ1v) is 10.4. The molecule has 0 fully saturated rings. The SMILES string of the molecule is Cc1nn(C)c2nc(OC(C)C(=O)NCc3ccc(Cl)cc3)cc(-c3ccccc3)c12. The van der Waals surface area contributed by atoms with Crippen molar-refractivity contribution in [2.45, 2.75) is 26.5 Å². The number of hydrogen-bond donors (Lipinski definition) is 1. The minimum Gasteiger partial charge on any atom is -0.464 e. The number of fused-ring (bicyclic) bond motifs is 1. The first-order chi connectivity index (χ1) is 14.9.